The number of likely N-dealkylation sites (tertiary alicyclic amines) is 1. The third-order valence-corrected chi connectivity index (χ3v) is 5.44. The fourth-order valence-corrected chi connectivity index (χ4v) is 3.78. The maximum absolute atomic E-state index is 14.8. The zero-order chi connectivity index (χ0) is 20.7. The Labute approximate surface area is 166 Å². The van der Waals surface area contributed by atoms with Crippen molar-refractivity contribution in [2.75, 3.05) is 32.5 Å². The molecular weight excluding hydrogens is 379 g/mol. The van der Waals surface area contributed by atoms with Crippen molar-refractivity contribution < 1.29 is 18.7 Å². The summed E-state index contributed by atoms with van der Waals surface area (Å²) in [6.07, 6.45) is 1.93. The molecule has 0 saturated carbocycles. The third-order valence-electron chi connectivity index (χ3n) is 5.44. The number of halogens is 1. The van der Waals surface area contributed by atoms with Gasteiger partial charge in [-0.05, 0) is 51.0 Å². The highest BCUT2D eigenvalue weighted by Gasteiger charge is 2.33. The minimum atomic E-state index is -0.722. The van der Waals surface area contributed by atoms with E-state index in [-0.39, 0.29) is 28.4 Å². The summed E-state index contributed by atoms with van der Waals surface area (Å²) < 4.78 is 21.5. The summed E-state index contributed by atoms with van der Waals surface area (Å²) in [6.45, 7) is 2.30. The maximum atomic E-state index is 14.8. The Hall–Kier alpha value is -3.20. The van der Waals surface area contributed by atoms with Crippen LogP contribution in [0.5, 0.6) is 5.75 Å². The van der Waals surface area contributed by atoms with Gasteiger partial charge in [-0.2, -0.15) is 0 Å². The Balaban J connectivity index is 1.73. The quantitative estimate of drug-likeness (QED) is 0.746. The van der Waals surface area contributed by atoms with Gasteiger partial charge in [0.15, 0.2) is 5.82 Å². The molecule has 0 spiro atoms. The van der Waals surface area contributed by atoms with E-state index < -0.39 is 23.2 Å². The molecule has 0 aliphatic carbocycles. The number of amides is 2. The number of imide groups is 1. The molecule has 0 atom stereocenters. The number of nitrogens with zero attached hydrogens (tertiary/aromatic N) is 2. The standard InChI is InChI=1S/C20H21FN4O4/c1-24-7-5-11(6-8-24)10-29-14-4-2-3-13(21)17(14)25-15(26)9-12-16(18(25)22)20(28)23-19(12)27/h2-4,9,11H,5-8,10,22H2,1H3,(H,23,27,28). The van der Waals surface area contributed by atoms with Gasteiger partial charge in [-0.25, -0.2) is 4.39 Å². The van der Waals surface area contributed by atoms with Crippen LogP contribution in [0.2, 0.25) is 0 Å². The van der Waals surface area contributed by atoms with Gasteiger partial charge >= 0.3 is 0 Å². The molecule has 2 amide bonds. The van der Waals surface area contributed by atoms with E-state index in [2.05, 4.69) is 17.3 Å². The Morgan fingerprint density at radius 3 is 2.66 bits per heavy atom. The Morgan fingerprint density at radius 1 is 1.21 bits per heavy atom. The number of anilines is 1. The number of piperidine rings is 1. The van der Waals surface area contributed by atoms with Gasteiger partial charge in [0.05, 0.1) is 17.7 Å². The van der Waals surface area contributed by atoms with Gasteiger partial charge < -0.3 is 15.4 Å². The molecule has 1 aromatic heterocycles. The van der Waals surface area contributed by atoms with E-state index in [1.807, 2.05) is 0 Å². The first-order valence-electron chi connectivity index (χ1n) is 9.38. The van der Waals surface area contributed by atoms with Gasteiger partial charge in [-0.1, -0.05) is 6.07 Å². The number of nitrogens with two attached hydrogens (primary N) is 1. The van der Waals surface area contributed by atoms with Crippen LogP contribution in [0.1, 0.15) is 33.6 Å². The molecule has 0 unspecified atom stereocenters. The number of hydrogen-bond donors (Lipinski definition) is 2. The second-order valence-electron chi connectivity index (χ2n) is 7.42. The van der Waals surface area contributed by atoms with Crippen LogP contribution in [-0.2, 0) is 0 Å². The van der Waals surface area contributed by atoms with E-state index in [1.165, 1.54) is 12.1 Å². The van der Waals surface area contributed by atoms with E-state index >= 15 is 0 Å². The van der Waals surface area contributed by atoms with Gasteiger partial charge in [0.25, 0.3) is 17.4 Å². The van der Waals surface area contributed by atoms with Crippen molar-refractivity contribution in [3.63, 3.8) is 0 Å². The molecule has 3 N–H and O–H groups in total. The Bertz CT molecular complexity index is 1060. The van der Waals surface area contributed by atoms with Crippen molar-refractivity contribution in [1.29, 1.82) is 0 Å². The van der Waals surface area contributed by atoms with Gasteiger partial charge in [0, 0.05) is 6.07 Å². The zero-order valence-electron chi connectivity index (χ0n) is 15.9. The summed E-state index contributed by atoms with van der Waals surface area (Å²) in [5.74, 6) is -1.97. The number of nitrogens with one attached hydrogen (secondary N) is 1. The highest BCUT2D eigenvalue weighted by Crippen LogP contribution is 2.30. The van der Waals surface area contributed by atoms with Crippen molar-refractivity contribution in [2.24, 2.45) is 5.92 Å². The van der Waals surface area contributed by atoms with Crippen LogP contribution in [0.3, 0.4) is 0 Å². The summed E-state index contributed by atoms with van der Waals surface area (Å²) in [5, 5.41) is 2.09. The number of aromatic nitrogens is 1. The number of carbonyl (C=O) groups excluding carboxylic acids is 2. The lowest BCUT2D eigenvalue weighted by Gasteiger charge is -2.29. The van der Waals surface area contributed by atoms with Crippen molar-refractivity contribution >= 4 is 17.6 Å². The molecule has 152 valence electrons. The number of benzene rings is 1. The summed E-state index contributed by atoms with van der Waals surface area (Å²) in [5.41, 5.74) is 4.89. The molecule has 1 fully saturated rings. The van der Waals surface area contributed by atoms with Gasteiger partial charge in [-0.3, -0.25) is 24.3 Å². The number of pyridine rings is 1. The van der Waals surface area contributed by atoms with Gasteiger partial charge in [0.1, 0.15) is 17.3 Å². The van der Waals surface area contributed by atoms with Crippen LogP contribution in [0, 0.1) is 11.7 Å². The number of rotatable bonds is 4. The fourth-order valence-electron chi connectivity index (χ4n) is 3.78. The summed E-state index contributed by atoms with van der Waals surface area (Å²) in [6, 6.07) is 5.20. The minimum Gasteiger partial charge on any atom is -0.491 e. The van der Waals surface area contributed by atoms with Crippen molar-refractivity contribution in [2.45, 2.75) is 12.8 Å². The number of nitrogen functional groups attached to an aromatic ring is 1. The van der Waals surface area contributed by atoms with Crippen LogP contribution in [0.15, 0.2) is 29.1 Å². The van der Waals surface area contributed by atoms with Crippen LogP contribution < -0.4 is 21.3 Å². The Morgan fingerprint density at radius 2 is 1.93 bits per heavy atom. The molecule has 0 radical (unpaired) electrons. The largest absolute Gasteiger partial charge is 0.491 e. The molecule has 4 rings (SSSR count). The minimum absolute atomic E-state index is 0.112. The topological polar surface area (TPSA) is 107 Å². The molecule has 1 saturated heterocycles. The molecule has 2 aliphatic rings. The summed E-state index contributed by atoms with van der Waals surface area (Å²) >= 11 is 0. The van der Waals surface area contributed by atoms with E-state index in [1.54, 1.807) is 6.07 Å². The van der Waals surface area contributed by atoms with Gasteiger partial charge in [-0.15, -0.1) is 0 Å². The molecule has 3 heterocycles. The molecule has 1 aromatic carbocycles. The normalized spacial score (nSPS) is 17.3. The molecular formula is C20H21FN4O4. The molecule has 9 heteroatoms. The lowest BCUT2D eigenvalue weighted by atomic mass is 9.98. The smallest absolute Gasteiger partial charge is 0.262 e. The second kappa shape index (κ2) is 7.32. The van der Waals surface area contributed by atoms with Crippen LogP contribution in [-0.4, -0.2) is 48.0 Å². The summed E-state index contributed by atoms with van der Waals surface area (Å²) in [4.78, 5) is 38.8. The first kappa shape index (κ1) is 19.1. The molecule has 29 heavy (non-hydrogen) atoms. The Kier molecular flexibility index (Phi) is 4.83. The molecule has 0 bridgehead atoms. The predicted octanol–water partition coefficient (Wildman–Crippen LogP) is 1.16. The first-order valence-corrected chi connectivity index (χ1v) is 9.38. The van der Waals surface area contributed by atoms with Crippen molar-refractivity contribution in [3.8, 4) is 11.4 Å². The highest BCUT2D eigenvalue weighted by atomic mass is 19.1. The van der Waals surface area contributed by atoms with E-state index in [4.69, 9.17) is 10.5 Å². The van der Waals surface area contributed by atoms with E-state index in [9.17, 15) is 18.8 Å². The van der Waals surface area contributed by atoms with Crippen LogP contribution >= 0.6 is 0 Å². The first-order chi connectivity index (χ1) is 13.9. The van der Waals surface area contributed by atoms with Crippen molar-refractivity contribution in [1.82, 2.24) is 14.8 Å². The van der Waals surface area contributed by atoms with Gasteiger partial charge in [0.2, 0.25) is 0 Å². The zero-order valence-corrected chi connectivity index (χ0v) is 15.9. The maximum Gasteiger partial charge on any atom is 0.262 e. The van der Waals surface area contributed by atoms with Crippen LogP contribution in [0.4, 0.5) is 10.2 Å². The lowest BCUT2D eigenvalue weighted by molar-refractivity contribution is 0.0880. The van der Waals surface area contributed by atoms with Crippen molar-refractivity contribution in [3.05, 3.63) is 51.6 Å². The van der Waals surface area contributed by atoms with Crippen LogP contribution in [0.25, 0.3) is 5.69 Å². The fraction of sp³-hybridized carbons (Fsp3) is 0.350. The number of carbonyl (C=O) groups is 2. The highest BCUT2D eigenvalue weighted by molar-refractivity contribution is 6.23. The predicted molar refractivity (Wildman–Crippen MR) is 104 cm³/mol. The lowest BCUT2D eigenvalue weighted by Crippen LogP contribution is -2.32. The average Bonchev–Trinajstić information content (AvgIpc) is 2.96. The summed E-state index contributed by atoms with van der Waals surface area (Å²) in [7, 11) is 2.06. The van der Waals surface area contributed by atoms with E-state index in [0.717, 1.165) is 36.6 Å². The second-order valence-corrected chi connectivity index (χ2v) is 7.42. The number of hydrogen-bond acceptors (Lipinski definition) is 6. The van der Waals surface area contributed by atoms with E-state index in [0.29, 0.717) is 12.5 Å². The molecule has 2 aliphatic heterocycles. The molecule has 8 nitrogen and oxygen atoms in total. The number of fused-ring (bicyclic) bond motifs is 1. The SMILES string of the molecule is CN1CCC(COc2cccc(F)c2-n2c(N)c3c(cc2=O)C(=O)NC3=O)CC1. The third kappa shape index (κ3) is 3.38. The number of ether oxygens (including phenoxy) is 1. The monoisotopic (exact) mass is 400 g/mol. The average molecular weight is 400 g/mol. The number of para-hydroxylation sites is 1. The molecule has 2 aromatic rings.